The summed E-state index contributed by atoms with van der Waals surface area (Å²) in [7, 11) is 0. The molecule has 1 N–H and O–H groups in total. The van der Waals surface area contributed by atoms with Crippen molar-refractivity contribution in [2.24, 2.45) is 21.8 Å². The summed E-state index contributed by atoms with van der Waals surface area (Å²) in [6, 6.07) is 10.3. The fourth-order valence-corrected chi connectivity index (χ4v) is 3.41. The molecule has 3 atom stereocenters. The van der Waals surface area contributed by atoms with Crippen molar-refractivity contribution in [2.45, 2.75) is 25.8 Å². The zero-order chi connectivity index (χ0) is 17.6. The van der Waals surface area contributed by atoms with Crippen molar-refractivity contribution in [1.29, 1.82) is 0 Å². The summed E-state index contributed by atoms with van der Waals surface area (Å²) >= 11 is 6.20. The molecule has 0 saturated heterocycles. The van der Waals surface area contributed by atoms with Gasteiger partial charge in [-0.05, 0) is 24.0 Å². The van der Waals surface area contributed by atoms with E-state index >= 15 is 0 Å². The van der Waals surface area contributed by atoms with E-state index in [-0.39, 0.29) is 23.8 Å². The Kier molecular flexibility index (Phi) is 5.82. The van der Waals surface area contributed by atoms with E-state index in [1.165, 1.54) is 11.9 Å². The largest absolute Gasteiger partial charge is 0.355 e. The average molecular weight is 356 g/mol. The lowest BCUT2D eigenvalue weighted by Crippen LogP contribution is -2.40. The summed E-state index contributed by atoms with van der Waals surface area (Å²) in [5.41, 5.74) is 2.33. The maximum Gasteiger partial charge on any atom is 0.227 e. The van der Waals surface area contributed by atoms with Gasteiger partial charge in [-0.3, -0.25) is 9.79 Å². The molecule has 0 saturated carbocycles. The van der Waals surface area contributed by atoms with Crippen LogP contribution in [0.5, 0.6) is 0 Å². The number of nitrogens with zero attached hydrogens (tertiary/aromatic N) is 2. The second-order valence-electron chi connectivity index (χ2n) is 6.27. The van der Waals surface area contributed by atoms with Crippen molar-refractivity contribution < 1.29 is 4.79 Å². The molecular formula is C20H22ClN3O. The van der Waals surface area contributed by atoms with Crippen molar-refractivity contribution in [3.63, 3.8) is 0 Å². The third kappa shape index (κ3) is 4.26. The van der Waals surface area contributed by atoms with Crippen LogP contribution in [0.3, 0.4) is 0 Å². The summed E-state index contributed by atoms with van der Waals surface area (Å²) in [5.74, 6) is -0.160. The molecule has 3 rings (SSSR count). The molecule has 1 amide bonds. The van der Waals surface area contributed by atoms with Gasteiger partial charge in [0.25, 0.3) is 0 Å². The highest BCUT2D eigenvalue weighted by Gasteiger charge is 2.27. The maximum atomic E-state index is 12.5. The molecule has 0 spiro atoms. The third-order valence-corrected chi connectivity index (χ3v) is 5.05. The molecule has 25 heavy (non-hydrogen) atoms. The smallest absolute Gasteiger partial charge is 0.227 e. The molecule has 4 nitrogen and oxygen atoms in total. The standard InChI is InChI=1S/C20H22ClN3O/c1-2-18-17(19(21)24-13-23-18)12-22-20(25)16-10-8-15(9-11-16)14-6-4-3-5-7-14/h3-10,13,16-18H,2,11-12H2,1H3,(H,22,25). The summed E-state index contributed by atoms with van der Waals surface area (Å²) < 4.78 is 0. The van der Waals surface area contributed by atoms with Gasteiger partial charge in [-0.25, -0.2) is 4.99 Å². The van der Waals surface area contributed by atoms with E-state index in [2.05, 4.69) is 40.4 Å². The van der Waals surface area contributed by atoms with Crippen LogP contribution in [-0.2, 0) is 4.79 Å². The quantitative estimate of drug-likeness (QED) is 0.857. The molecular weight excluding hydrogens is 334 g/mol. The fraction of sp³-hybridized carbons (Fsp3) is 0.350. The molecule has 0 aromatic heterocycles. The Morgan fingerprint density at radius 3 is 2.80 bits per heavy atom. The highest BCUT2D eigenvalue weighted by atomic mass is 35.5. The van der Waals surface area contributed by atoms with Crippen molar-refractivity contribution in [3.8, 4) is 0 Å². The number of rotatable bonds is 5. The van der Waals surface area contributed by atoms with Crippen LogP contribution in [0.15, 0.2) is 58.5 Å². The highest BCUT2D eigenvalue weighted by molar-refractivity contribution is 6.66. The molecule has 0 radical (unpaired) electrons. The molecule has 130 valence electrons. The Morgan fingerprint density at radius 1 is 1.32 bits per heavy atom. The molecule has 1 aliphatic carbocycles. The first-order chi connectivity index (χ1) is 12.2. The van der Waals surface area contributed by atoms with Gasteiger partial charge in [0.2, 0.25) is 5.91 Å². The molecule has 1 heterocycles. The second-order valence-corrected chi connectivity index (χ2v) is 6.66. The highest BCUT2D eigenvalue weighted by Crippen LogP contribution is 2.24. The predicted octanol–water partition coefficient (Wildman–Crippen LogP) is 3.84. The minimum absolute atomic E-state index is 0.0217. The zero-order valence-electron chi connectivity index (χ0n) is 14.2. The number of amides is 1. The van der Waals surface area contributed by atoms with E-state index in [0.29, 0.717) is 18.1 Å². The molecule has 1 aliphatic heterocycles. The van der Waals surface area contributed by atoms with Crippen LogP contribution in [0.2, 0.25) is 0 Å². The summed E-state index contributed by atoms with van der Waals surface area (Å²) in [5, 5.41) is 3.53. The van der Waals surface area contributed by atoms with Crippen molar-refractivity contribution in [1.82, 2.24) is 5.32 Å². The normalized spacial score (nSPS) is 25.3. The fourth-order valence-electron chi connectivity index (χ4n) is 3.14. The topological polar surface area (TPSA) is 53.8 Å². The van der Waals surface area contributed by atoms with E-state index in [1.54, 1.807) is 0 Å². The van der Waals surface area contributed by atoms with Crippen molar-refractivity contribution >= 4 is 34.6 Å². The van der Waals surface area contributed by atoms with Gasteiger partial charge in [-0.15, -0.1) is 0 Å². The molecule has 1 aromatic carbocycles. The molecule has 3 unspecified atom stereocenters. The van der Waals surface area contributed by atoms with Crippen LogP contribution >= 0.6 is 11.6 Å². The predicted molar refractivity (Wildman–Crippen MR) is 104 cm³/mol. The number of carbonyl (C=O) groups is 1. The number of aliphatic imine (C=N–C) groups is 2. The Hall–Kier alpha value is -2.20. The average Bonchev–Trinajstić information content (AvgIpc) is 2.67. The van der Waals surface area contributed by atoms with Gasteiger partial charge in [0.1, 0.15) is 11.5 Å². The van der Waals surface area contributed by atoms with Gasteiger partial charge >= 0.3 is 0 Å². The second kappa shape index (κ2) is 8.26. The molecule has 1 aromatic rings. The van der Waals surface area contributed by atoms with Crippen LogP contribution < -0.4 is 5.32 Å². The summed E-state index contributed by atoms with van der Waals surface area (Å²) in [4.78, 5) is 20.9. The van der Waals surface area contributed by atoms with E-state index in [1.807, 2.05) is 30.4 Å². The van der Waals surface area contributed by atoms with E-state index in [0.717, 1.165) is 12.0 Å². The first-order valence-corrected chi connectivity index (χ1v) is 9.03. The maximum absolute atomic E-state index is 12.5. The monoisotopic (exact) mass is 355 g/mol. The minimum atomic E-state index is -0.143. The van der Waals surface area contributed by atoms with Crippen LogP contribution in [0, 0.1) is 11.8 Å². The molecule has 2 aliphatic rings. The van der Waals surface area contributed by atoms with E-state index < -0.39 is 0 Å². The van der Waals surface area contributed by atoms with E-state index in [9.17, 15) is 4.79 Å². The van der Waals surface area contributed by atoms with Crippen molar-refractivity contribution in [3.05, 3.63) is 54.1 Å². The van der Waals surface area contributed by atoms with Gasteiger partial charge in [0.05, 0.1) is 17.9 Å². The Balaban J connectivity index is 1.55. The summed E-state index contributed by atoms with van der Waals surface area (Å²) in [6.07, 6.45) is 9.20. The lowest BCUT2D eigenvalue weighted by atomic mass is 9.92. The van der Waals surface area contributed by atoms with Crippen LogP contribution in [0.25, 0.3) is 5.57 Å². The van der Waals surface area contributed by atoms with Gasteiger partial charge in [-0.1, -0.05) is 67.1 Å². The molecule has 0 fully saturated rings. The summed E-state index contributed by atoms with van der Waals surface area (Å²) in [6.45, 7) is 2.53. The number of halogens is 1. The molecule has 5 heteroatoms. The van der Waals surface area contributed by atoms with Crippen molar-refractivity contribution in [2.75, 3.05) is 6.54 Å². The Morgan fingerprint density at radius 2 is 2.12 bits per heavy atom. The lowest BCUT2D eigenvalue weighted by molar-refractivity contribution is -0.123. The van der Waals surface area contributed by atoms with Gasteiger partial charge < -0.3 is 5.32 Å². The first kappa shape index (κ1) is 17.6. The number of allylic oxidation sites excluding steroid dienone is 3. The zero-order valence-corrected chi connectivity index (χ0v) is 15.0. The van der Waals surface area contributed by atoms with Crippen LogP contribution in [0.4, 0.5) is 0 Å². The number of benzene rings is 1. The van der Waals surface area contributed by atoms with Gasteiger partial charge in [0, 0.05) is 6.54 Å². The number of carbonyl (C=O) groups excluding carboxylic acids is 1. The Labute approximate surface area is 153 Å². The van der Waals surface area contributed by atoms with Gasteiger partial charge in [-0.2, -0.15) is 0 Å². The first-order valence-electron chi connectivity index (χ1n) is 8.65. The number of nitrogens with one attached hydrogen (secondary N) is 1. The van der Waals surface area contributed by atoms with Crippen LogP contribution in [-0.4, -0.2) is 30.0 Å². The lowest BCUT2D eigenvalue weighted by Gasteiger charge is -2.25. The third-order valence-electron chi connectivity index (χ3n) is 4.67. The van der Waals surface area contributed by atoms with E-state index in [4.69, 9.17) is 11.6 Å². The Bertz CT molecular complexity index is 737. The SMILES string of the molecule is CCC1N=CN=C(Cl)C1CNC(=O)C1C=CC(c2ccccc2)=CC1. The number of hydrogen-bond donors (Lipinski definition) is 1. The minimum Gasteiger partial charge on any atom is -0.355 e. The van der Waals surface area contributed by atoms with Gasteiger partial charge in [0.15, 0.2) is 0 Å². The number of hydrogen-bond acceptors (Lipinski definition) is 3. The molecule has 0 bridgehead atoms. The van der Waals surface area contributed by atoms with Crippen LogP contribution in [0.1, 0.15) is 25.3 Å².